The first kappa shape index (κ1) is 24.0. The van der Waals surface area contributed by atoms with Crippen LogP contribution in [-0.2, 0) is 11.2 Å². The van der Waals surface area contributed by atoms with E-state index in [2.05, 4.69) is 15.6 Å². The number of carbonyl (C=O) groups excluding carboxylic acids is 2. The van der Waals surface area contributed by atoms with E-state index in [4.69, 9.17) is 0 Å². The molecule has 35 heavy (non-hydrogen) atoms. The maximum atomic E-state index is 13.1. The number of nitrogens with zero attached hydrogens (tertiary/aromatic N) is 6. The minimum absolute atomic E-state index is 0.0661. The third-order valence-corrected chi connectivity index (χ3v) is 6.08. The van der Waals surface area contributed by atoms with Crippen LogP contribution in [-0.4, -0.2) is 74.3 Å². The van der Waals surface area contributed by atoms with Gasteiger partial charge in [0.15, 0.2) is 5.69 Å². The Morgan fingerprint density at radius 2 is 1.83 bits per heavy atom. The number of piperazine rings is 1. The van der Waals surface area contributed by atoms with Gasteiger partial charge in [-0.25, -0.2) is 4.68 Å². The second-order valence-electron chi connectivity index (χ2n) is 8.34. The number of nitrogens with one attached hydrogen (secondary N) is 1. The Morgan fingerprint density at radius 3 is 2.54 bits per heavy atom. The number of benzene rings is 2. The molecule has 0 atom stereocenters. The molecule has 0 radical (unpaired) electrons. The molecule has 2 aromatic carbocycles. The van der Waals surface area contributed by atoms with Crippen molar-refractivity contribution in [1.29, 1.82) is 0 Å². The summed E-state index contributed by atoms with van der Waals surface area (Å²) in [5, 5.41) is 22.1. The van der Waals surface area contributed by atoms with Gasteiger partial charge in [-0.15, -0.1) is 5.10 Å². The number of anilines is 1. The number of rotatable bonds is 7. The number of aromatic nitrogens is 3. The van der Waals surface area contributed by atoms with E-state index in [1.165, 1.54) is 16.8 Å². The van der Waals surface area contributed by atoms with Crippen molar-refractivity contribution in [3.63, 3.8) is 0 Å². The normalized spacial score (nSPS) is 14.1. The molecule has 1 saturated heterocycles. The van der Waals surface area contributed by atoms with E-state index in [1.807, 2.05) is 36.1 Å². The lowest BCUT2D eigenvalue weighted by atomic mass is 10.1. The third kappa shape index (κ3) is 5.35. The van der Waals surface area contributed by atoms with Crippen LogP contribution >= 0.6 is 0 Å². The number of carbonyl (C=O) groups is 2. The SMILES string of the molecule is CCc1ccccc1NC(=O)CN1CCN(C(=O)c2nnn(-c3cccc([N+](=O)[O-])c3)c2C)CC1. The number of nitro groups is 1. The average molecular weight is 478 g/mol. The summed E-state index contributed by atoms with van der Waals surface area (Å²) in [6.07, 6.45) is 0.836. The van der Waals surface area contributed by atoms with Gasteiger partial charge in [0.05, 0.1) is 22.8 Å². The minimum Gasteiger partial charge on any atom is -0.335 e. The zero-order valence-corrected chi connectivity index (χ0v) is 19.7. The Morgan fingerprint density at radius 1 is 1.09 bits per heavy atom. The van der Waals surface area contributed by atoms with Gasteiger partial charge in [0, 0.05) is 44.0 Å². The number of amides is 2. The third-order valence-electron chi connectivity index (χ3n) is 6.08. The fourth-order valence-electron chi connectivity index (χ4n) is 4.11. The molecule has 11 nitrogen and oxygen atoms in total. The van der Waals surface area contributed by atoms with Gasteiger partial charge < -0.3 is 10.2 Å². The van der Waals surface area contributed by atoms with Gasteiger partial charge in [-0.2, -0.15) is 0 Å². The molecule has 1 aromatic heterocycles. The van der Waals surface area contributed by atoms with Gasteiger partial charge >= 0.3 is 0 Å². The Balaban J connectivity index is 1.35. The smallest absolute Gasteiger partial charge is 0.276 e. The molecule has 0 spiro atoms. The van der Waals surface area contributed by atoms with Crippen molar-refractivity contribution in [3.05, 3.63) is 75.6 Å². The molecule has 4 rings (SSSR count). The predicted octanol–water partition coefficient (Wildman–Crippen LogP) is 2.44. The Labute approximate surface area is 202 Å². The molecule has 3 aromatic rings. The van der Waals surface area contributed by atoms with Gasteiger partial charge in [-0.1, -0.05) is 36.4 Å². The molecule has 0 aliphatic carbocycles. The summed E-state index contributed by atoms with van der Waals surface area (Å²) in [4.78, 5) is 39.9. The van der Waals surface area contributed by atoms with Crippen molar-refractivity contribution in [2.75, 3.05) is 38.0 Å². The summed E-state index contributed by atoms with van der Waals surface area (Å²) in [5.41, 5.74) is 3.03. The summed E-state index contributed by atoms with van der Waals surface area (Å²) < 4.78 is 1.43. The molecule has 1 N–H and O–H groups in total. The van der Waals surface area contributed by atoms with Crippen LogP contribution in [0.3, 0.4) is 0 Å². The van der Waals surface area contributed by atoms with Crippen molar-refractivity contribution in [3.8, 4) is 5.69 Å². The van der Waals surface area contributed by atoms with E-state index in [9.17, 15) is 19.7 Å². The fraction of sp³-hybridized carbons (Fsp3) is 0.333. The number of aryl methyl sites for hydroxylation is 1. The molecule has 1 fully saturated rings. The maximum Gasteiger partial charge on any atom is 0.276 e. The highest BCUT2D eigenvalue weighted by molar-refractivity contribution is 5.94. The van der Waals surface area contributed by atoms with Crippen molar-refractivity contribution >= 4 is 23.2 Å². The fourth-order valence-corrected chi connectivity index (χ4v) is 4.11. The number of para-hydroxylation sites is 1. The van der Waals surface area contributed by atoms with E-state index in [0.717, 1.165) is 17.7 Å². The van der Waals surface area contributed by atoms with Crippen LogP contribution in [0.5, 0.6) is 0 Å². The lowest BCUT2D eigenvalue weighted by Crippen LogP contribution is -2.50. The highest BCUT2D eigenvalue weighted by Gasteiger charge is 2.27. The highest BCUT2D eigenvalue weighted by atomic mass is 16.6. The average Bonchev–Trinajstić information content (AvgIpc) is 3.25. The van der Waals surface area contributed by atoms with Gasteiger partial charge in [0.1, 0.15) is 0 Å². The second kappa shape index (κ2) is 10.4. The largest absolute Gasteiger partial charge is 0.335 e. The summed E-state index contributed by atoms with van der Waals surface area (Å²) in [5.74, 6) is -0.332. The summed E-state index contributed by atoms with van der Waals surface area (Å²) in [6.45, 7) is 6.05. The molecule has 1 aliphatic heterocycles. The Kier molecular flexibility index (Phi) is 7.16. The van der Waals surface area contributed by atoms with Gasteiger partial charge in [0.25, 0.3) is 11.6 Å². The molecule has 0 saturated carbocycles. The number of hydrogen-bond acceptors (Lipinski definition) is 7. The van der Waals surface area contributed by atoms with Gasteiger partial charge in [-0.3, -0.25) is 24.6 Å². The molecule has 0 bridgehead atoms. The second-order valence-corrected chi connectivity index (χ2v) is 8.34. The summed E-state index contributed by atoms with van der Waals surface area (Å²) >= 11 is 0. The van der Waals surface area contributed by atoms with Crippen molar-refractivity contribution in [2.24, 2.45) is 0 Å². The maximum absolute atomic E-state index is 13.1. The van der Waals surface area contributed by atoms with Gasteiger partial charge in [-0.05, 0) is 31.0 Å². The molecule has 2 heterocycles. The van der Waals surface area contributed by atoms with Crippen LogP contribution in [0.15, 0.2) is 48.5 Å². The first-order valence-corrected chi connectivity index (χ1v) is 11.4. The number of non-ortho nitro benzene ring substituents is 1. The number of nitro benzene ring substituents is 1. The lowest BCUT2D eigenvalue weighted by molar-refractivity contribution is -0.384. The van der Waals surface area contributed by atoms with Crippen LogP contribution in [0.2, 0.25) is 0 Å². The first-order chi connectivity index (χ1) is 16.9. The monoisotopic (exact) mass is 477 g/mol. The standard InChI is InChI=1S/C24H27N7O4/c1-3-18-7-4-5-10-21(18)25-22(32)16-28-11-13-29(14-12-28)24(33)23-17(2)30(27-26-23)19-8-6-9-20(15-19)31(34)35/h4-10,15H,3,11-14,16H2,1-2H3,(H,25,32). The van der Waals surface area contributed by atoms with Crippen molar-refractivity contribution in [2.45, 2.75) is 20.3 Å². The topological polar surface area (TPSA) is 127 Å². The van der Waals surface area contributed by atoms with E-state index in [-0.39, 0.29) is 29.7 Å². The molecule has 182 valence electrons. The zero-order valence-electron chi connectivity index (χ0n) is 19.7. The molecule has 0 unspecified atom stereocenters. The van der Waals surface area contributed by atoms with E-state index in [0.29, 0.717) is 37.6 Å². The Hall–Kier alpha value is -4.12. The van der Waals surface area contributed by atoms with E-state index in [1.54, 1.807) is 24.0 Å². The lowest BCUT2D eigenvalue weighted by Gasteiger charge is -2.34. The van der Waals surface area contributed by atoms with Crippen LogP contribution in [0, 0.1) is 17.0 Å². The van der Waals surface area contributed by atoms with Crippen LogP contribution in [0.4, 0.5) is 11.4 Å². The van der Waals surface area contributed by atoms with Gasteiger partial charge in [0.2, 0.25) is 5.91 Å². The van der Waals surface area contributed by atoms with E-state index < -0.39 is 4.92 Å². The molecular formula is C24H27N7O4. The van der Waals surface area contributed by atoms with Crippen LogP contribution in [0.1, 0.15) is 28.7 Å². The first-order valence-electron chi connectivity index (χ1n) is 11.4. The van der Waals surface area contributed by atoms with Crippen LogP contribution in [0.25, 0.3) is 5.69 Å². The zero-order chi connectivity index (χ0) is 24.9. The summed E-state index contributed by atoms with van der Waals surface area (Å²) in [7, 11) is 0. The molecule has 11 heteroatoms. The quantitative estimate of drug-likeness (QED) is 0.409. The van der Waals surface area contributed by atoms with E-state index >= 15 is 0 Å². The molecular weight excluding hydrogens is 450 g/mol. The highest BCUT2D eigenvalue weighted by Crippen LogP contribution is 2.20. The Bertz CT molecular complexity index is 1250. The number of hydrogen-bond donors (Lipinski definition) is 1. The van der Waals surface area contributed by atoms with Crippen LogP contribution < -0.4 is 5.32 Å². The van der Waals surface area contributed by atoms with Crippen molar-refractivity contribution in [1.82, 2.24) is 24.8 Å². The van der Waals surface area contributed by atoms with Crippen molar-refractivity contribution < 1.29 is 14.5 Å². The molecule has 1 aliphatic rings. The summed E-state index contributed by atoms with van der Waals surface area (Å²) in [6, 6.07) is 13.8. The minimum atomic E-state index is -0.482. The molecule has 2 amide bonds. The predicted molar refractivity (Wildman–Crippen MR) is 130 cm³/mol.